The van der Waals surface area contributed by atoms with Crippen LogP contribution in [-0.4, -0.2) is 24.8 Å². The Morgan fingerprint density at radius 3 is 2.67 bits per heavy atom. The molecule has 0 saturated heterocycles. The zero-order valence-electron chi connectivity index (χ0n) is 8.50. The van der Waals surface area contributed by atoms with Gasteiger partial charge in [-0.2, -0.15) is 0 Å². The average molecular weight is 250 g/mol. The van der Waals surface area contributed by atoms with Crippen LogP contribution in [0, 0.1) is 0 Å². The van der Waals surface area contributed by atoms with Gasteiger partial charge in [-0.3, -0.25) is 0 Å². The number of ether oxygens (including phenoxy) is 2. The fourth-order valence-corrected chi connectivity index (χ4v) is 1.41. The molecule has 0 unspecified atom stereocenters. The van der Waals surface area contributed by atoms with E-state index in [0.29, 0.717) is 36.6 Å². The van der Waals surface area contributed by atoms with E-state index in [1.807, 2.05) is 6.92 Å². The van der Waals surface area contributed by atoms with E-state index in [1.54, 1.807) is 12.3 Å². The van der Waals surface area contributed by atoms with Crippen LogP contribution < -0.4 is 0 Å². The Morgan fingerprint density at radius 2 is 2.00 bits per heavy atom. The van der Waals surface area contributed by atoms with Crippen molar-refractivity contribution in [3.63, 3.8) is 0 Å². The van der Waals surface area contributed by atoms with Crippen LogP contribution in [0.1, 0.15) is 12.5 Å². The largest absolute Gasteiger partial charge is 0.379 e. The average Bonchev–Trinajstić information content (AvgIpc) is 2.20. The monoisotopic (exact) mass is 249 g/mol. The summed E-state index contributed by atoms with van der Waals surface area (Å²) in [5.74, 6) is 0. The minimum absolute atomic E-state index is 0.387. The van der Waals surface area contributed by atoms with Gasteiger partial charge in [0, 0.05) is 18.4 Å². The molecule has 0 bridgehead atoms. The maximum Gasteiger partial charge on any atom is 0.130 e. The number of hydrogen-bond acceptors (Lipinski definition) is 3. The Labute approximate surface area is 99.3 Å². The van der Waals surface area contributed by atoms with Crippen LogP contribution in [0.15, 0.2) is 12.3 Å². The summed E-state index contributed by atoms with van der Waals surface area (Å²) in [6.45, 7) is 4.21. The number of aromatic nitrogens is 1. The highest BCUT2D eigenvalue weighted by atomic mass is 35.5. The Kier molecular flexibility index (Phi) is 5.95. The molecule has 0 spiro atoms. The zero-order valence-corrected chi connectivity index (χ0v) is 10.0. The summed E-state index contributed by atoms with van der Waals surface area (Å²) in [5.41, 5.74) is 0.831. The lowest BCUT2D eigenvalue weighted by Gasteiger charge is -2.05. The minimum Gasteiger partial charge on any atom is -0.379 e. The van der Waals surface area contributed by atoms with Gasteiger partial charge in [0.1, 0.15) is 5.15 Å². The minimum atomic E-state index is 0.387. The second-order valence-corrected chi connectivity index (χ2v) is 3.64. The van der Waals surface area contributed by atoms with E-state index in [0.717, 1.165) is 5.56 Å². The van der Waals surface area contributed by atoms with Crippen molar-refractivity contribution >= 4 is 23.2 Å². The summed E-state index contributed by atoms with van der Waals surface area (Å²) < 4.78 is 10.5. The van der Waals surface area contributed by atoms with Gasteiger partial charge >= 0.3 is 0 Å². The molecule has 1 aromatic heterocycles. The SMILES string of the molecule is CCOCCOCc1cnc(Cl)cc1Cl. The highest BCUT2D eigenvalue weighted by molar-refractivity contribution is 6.34. The quantitative estimate of drug-likeness (QED) is 0.574. The standard InChI is InChI=1S/C10H13Cl2NO2/c1-2-14-3-4-15-7-8-6-13-10(12)5-9(8)11/h5-6H,2-4,7H2,1H3. The van der Waals surface area contributed by atoms with Crippen molar-refractivity contribution in [1.29, 1.82) is 0 Å². The molecule has 5 heteroatoms. The molecule has 0 N–H and O–H groups in total. The molecule has 0 aromatic carbocycles. The Balaban J connectivity index is 2.31. The molecule has 1 aromatic rings. The van der Waals surface area contributed by atoms with E-state index in [1.165, 1.54) is 0 Å². The molecular formula is C10H13Cl2NO2. The van der Waals surface area contributed by atoms with E-state index in [2.05, 4.69) is 4.98 Å². The number of hydrogen-bond donors (Lipinski definition) is 0. The molecule has 0 radical (unpaired) electrons. The van der Waals surface area contributed by atoms with E-state index in [4.69, 9.17) is 32.7 Å². The zero-order chi connectivity index (χ0) is 11.1. The molecule has 0 atom stereocenters. The maximum atomic E-state index is 5.93. The number of halogens is 2. The number of pyridine rings is 1. The first-order valence-electron chi connectivity index (χ1n) is 4.69. The molecule has 84 valence electrons. The molecule has 15 heavy (non-hydrogen) atoms. The van der Waals surface area contributed by atoms with Gasteiger partial charge < -0.3 is 9.47 Å². The summed E-state index contributed by atoms with van der Waals surface area (Å²) in [4.78, 5) is 3.92. The maximum absolute atomic E-state index is 5.93. The molecule has 1 heterocycles. The van der Waals surface area contributed by atoms with Crippen LogP contribution >= 0.6 is 23.2 Å². The van der Waals surface area contributed by atoms with E-state index in [-0.39, 0.29) is 0 Å². The number of rotatable bonds is 6. The predicted octanol–water partition coefficient (Wildman–Crippen LogP) is 2.94. The molecular weight excluding hydrogens is 237 g/mol. The first kappa shape index (κ1) is 12.7. The fourth-order valence-electron chi connectivity index (χ4n) is 0.986. The summed E-state index contributed by atoms with van der Waals surface area (Å²) in [5, 5.41) is 0.962. The molecule has 0 aliphatic rings. The molecule has 1 rings (SSSR count). The van der Waals surface area contributed by atoms with Gasteiger partial charge in [-0.25, -0.2) is 4.98 Å². The number of nitrogens with zero attached hydrogens (tertiary/aromatic N) is 1. The molecule has 0 saturated carbocycles. The molecule has 0 fully saturated rings. The third-order valence-corrected chi connectivity index (χ3v) is 2.29. The Morgan fingerprint density at radius 1 is 1.27 bits per heavy atom. The van der Waals surface area contributed by atoms with Crippen LogP contribution in [0.25, 0.3) is 0 Å². The van der Waals surface area contributed by atoms with Gasteiger partial charge in [0.25, 0.3) is 0 Å². The van der Waals surface area contributed by atoms with Crippen LogP contribution in [-0.2, 0) is 16.1 Å². The molecule has 3 nitrogen and oxygen atoms in total. The topological polar surface area (TPSA) is 31.4 Å². The van der Waals surface area contributed by atoms with Crippen LogP contribution in [0.5, 0.6) is 0 Å². The highest BCUT2D eigenvalue weighted by Crippen LogP contribution is 2.19. The molecule has 0 amide bonds. The van der Waals surface area contributed by atoms with Crippen molar-refractivity contribution in [2.75, 3.05) is 19.8 Å². The summed E-state index contributed by atoms with van der Waals surface area (Å²) in [6, 6.07) is 1.60. The third kappa shape index (κ3) is 4.80. The van der Waals surface area contributed by atoms with Gasteiger partial charge in [-0.05, 0) is 13.0 Å². The summed E-state index contributed by atoms with van der Waals surface area (Å²) in [7, 11) is 0. The Bertz CT molecular complexity index is 307. The lowest BCUT2D eigenvalue weighted by atomic mass is 10.3. The van der Waals surface area contributed by atoms with Crippen molar-refractivity contribution in [1.82, 2.24) is 4.98 Å². The van der Waals surface area contributed by atoms with Crippen LogP contribution in [0.4, 0.5) is 0 Å². The molecule has 0 aliphatic carbocycles. The van der Waals surface area contributed by atoms with E-state index >= 15 is 0 Å². The van der Waals surface area contributed by atoms with E-state index in [9.17, 15) is 0 Å². The van der Waals surface area contributed by atoms with Crippen molar-refractivity contribution < 1.29 is 9.47 Å². The third-order valence-electron chi connectivity index (χ3n) is 1.73. The smallest absolute Gasteiger partial charge is 0.130 e. The van der Waals surface area contributed by atoms with Crippen molar-refractivity contribution in [2.24, 2.45) is 0 Å². The predicted molar refractivity (Wildman–Crippen MR) is 60.4 cm³/mol. The van der Waals surface area contributed by atoms with Gasteiger partial charge in [0.2, 0.25) is 0 Å². The first-order chi connectivity index (χ1) is 7.24. The van der Waals surface area contributed by atoms with Crippen LogP contribution in [0.2, 0.25) is 10.2 Å². The highest BCUT2D eigenvalue weighted by Gasteiger charge is 2.02. The second-order valence-electron chi connectivity index (χ2n) is 2.85. The summed E-state index contributed by atoms with van der Waals surface area (Å²) >= 11 is 11.6. The van der Waals surface area contributed by atoms with Gasteiger partial charge in [-0.15, -0.1) is 0 Å². The Hall–Kier alpha value is -0.350. The second kappa shape index (κ2) is 7.01. The first-order valence-corrected chi connectivity index (χ1v) is 5.45. The van der Waals surface area contributed by atoms with Gasteiger partial charge in [0.15, 0.2) is 0 Å². The normalized spacial score (nSPS) is 10.6. The van der Waals surface area contributed by atoms with E-state index < -0.39 is 0 Å². The van der Waals surface area contributed by atoms with Gasteiger partial charge in [-0.1, -0.05) is 23.2 Å². The molecule has 0 aliphatic heterocycles. The van der Waals surface area contributed by atoms with Crippen LogP contribution in [0.3, 0.4) is 0 Å². The summed E-state index contributed by atoms with van der Waals surface area (Å²) in [6.07, 6.45) is 1.62. The lowest BCUT2D eigenvalue weighted by Crippen LogP contribution is -2.04. The lowest BCUT2D eigenvalue weighted by molar-refractivity contribution is 0.0452. The van der Waals surface area contributed by atoms with Crippen molar-refractivity contribution in [2.45, 2.75) is 13.5 Å². The van der Waals surface area contributed by atoms with Gasteiger partial charge in [0.05, 0.1) is 24.8 Å². The fraction of sp³-hybridized carbons (Fsp3) is 0.500. The van der Waals surface area contributed by atoms with Crippen molar-refractivity contribution in [3.8, 4) is 0 Å². The van der Waals surface area contributed by atoms with Crippen molar-refractivity contribution in [3.05, 3.63) is 28.0 Å².